The summed E-state index contributed by atoms with van der Waals surface area (Å²) in [7, 11) is 0. The summed E-state index contributed by atoms with van der Waals surface area (Å²) in [6.45, 7) is 2.64. The van der Waals surface area contributed by atoms with Crippen molar-refractivity contribution < 1.29 is 14.2 Å². The van der Waals surface area contributed by atoms with E-state index < -0.39 is 0 Å². The Balaban J connectivity index is 2.07. The zero-order chi connectivity index (χ0) is 16.2. The minimum Gasteiger partial charge on any atom is -0.493 e. The van der Waals surface area contributed by atoms with Crippen LogP contribution < -0.4 is 14.2 Å². The summed E-state index contributed by atoms with van der Waals surface area (Å²) in [6, 6.07) is 13.5. The van der Waals surface area contributed by atoms with Crippen LogP contribution >= 0.6 is 15.9 Å². The fraction of sp³-hybridized carbons (Fsp3) is 0.167. The molecule has 0 unspecified atom stereocenters. The molecule has 0 fully saturated rings. The van der Waals surface area contributed by atoms with Gasteiger partial charge in [-0.1, -0.05) is 28.1 Å². The second-order valence-electron chi connectivity index (χ2n) is 4.86. The molecule has 2 aromatic carbocycles. The molecule has 0 aliphatic carbocycles. The summed E-state index contributed by atoms with van der Waals surface area (Å²) >= 11 is 3.43. The van der Waals surface area contributed by atoms with Gasteiger partial charge < -0.3 is 14.2 Å². The number of rotatable bonds is 4. The maximum atomic E-state index is 9.52. The van der Waals surface area contributed by atoms with Gasteiger partial charge in [-0.05, 0) is 36.8 Å². The lowest BCUT2D eigenvalue weighted by atomic mass is 10.0. The average molecular weight is 372 g/mol. The molecule has 1 heterocycles. The number of halogens is 1. The van der Waals surface area contributed by atoms with Gasteiger partial charge >= 0.3 is 0 Å². The Morgan fingerprint density at radius 2 is 2.09 bits per heavy atom. The molecule has 4 nitrogen and oxygen atoms in total. The van der Waals surface area contributed by atoms with Gasteiger partial charge in [0.05, 0.1) is 18.2 Å². The van der Waals surface area contributed by atoms with E-state index in [4.69, 9.17) is 14.2 Å². The molecule has 0 amide bonds. The van der Waals surface area contributed by atoms with Crippen LogP contribution in [0.4, 0.5) is 0 Å². The Hall–Kier alpha value is -2.45. The van der Waals surface area contributed by atoms with Crippen molar-refractivity contribution in [2.45, 2.75) is 6.92 Å². The van der Waals surface area contributed by atoms with Crippen molar-refractivity contribution in [3.05, 3.63) is 52.0 Å². The number of fused-ring (bicyclic) bond motifs is 1. The maximum absolute atomic E-state index is 9.52. The van der Waals surface area contributed by atoms with Crippen LogP contribution in [0.1, 0.15) is 18.1 Å². The number of allylic oxidation sites excluding steroid dienone is 1. The number of hydrogen-bond acceptors (Lipinski definition) is 4. The van der Waals surface area contributed by atoms with Crippen LogP contribution in [0.25, 0.3) is 11.6 Å². The zero-order valence-electron chi connectivity index (χ0n) is 12.5. The molecule has 3 rings (SSSR count). The van der Waals surface area contributed by atoms with E-state index in [1.807, 2.05) is 37.3 Å². The molecule has 5 heteroatoms. The second kappa shape index (κ2) is 6.76. The van der Waals surface area contributed by atoms with Gasteiger partial charge in [-0.2, -0.15) is 5.26 Å². The van der Waals surface area contributed by atoms with Gasteiger partial charge in [0.25, 0.3) is 0 Å². The minimum absolute atomic E-state index is 0.199. The zero-order valence-corrected chi connectivity index (χ0v) is 14.1. The highest BCUT2D eigenvalue weighted by atomic mass is 79.9. The van der Waals surface area contributed by atoms with E-state index in [2.05, 4.69) is 22.0 Å². The topological polar surface area (TPSA) is 51.5 Å². The fourth-order valence-corrected chi connectivity index (χ4v) is 2.72. The number of hydrogen-bond donors (Lipinski definition) is 0. The van der Waals surface area contributed by atoms with Crippen molar-refractivity contribution in [3.63, 3.8) is 0 Å². The third-order valence-electron chi connectivity index (χ3n) is 3.36. The summed E-state index contributed by atoms with van der Waals surface area (Å²) in [5, 5.41) is 9.52. The molecule has 0 spiro atoms. The highest BCUT2D eigenvalue weighted by molar-refractivity contribution is 9.10. The second-order valence-corrected chi connectivity index (χ2v) is 5.77. The molecule has 1 aliphatic rings. The molecular formula is C18H14BrNO3. The van der Waals surface area contributed by atoms with E-state index in [-0.39, 0.29) is 6.79 Å². The lowest BCUT2D eigenvalue weighted by molar-refractivity contribution is 0.174. The van der Waals surface area contributed by atoms with Crippen molar-refractivity contribution in [2.75, 3.05) is 13.4 Å². The Bertz CT molecular complexity index is 808. The quantitative estimate of drug-likeness (QED) is 0.580. The molecule has 0 saturated carbocycles. The summed E-state index contributed by atoms with van der Waals surface area (Å²) in [6.07, 6.45) is 1.80. The monoisotopic (exact) mass is 371 g/mol. The van der Waals surface area contributed by atoms with Crippen LogP contribution in [-0.4, -0.2) is 13.4 Å². The van der Waals surface area contributed by atoms with E-state index >= 15 is 0 Å². The van der Waals surface area contributed by atoms with Gasteiger partial charge in [-0.3, -0.25) is 0 Å². The minimum atomic E-state index is 0.199. The Labute approximate surface area is 143 Å². The van der Waals surface area contributed by atoms with Gasteiger partial charge in [0.1, 0.15) is 5.75 Å². The first-order valence-electron chi connectivity index (χ1n) is 7.15. The molecule has 0 N–H and O–H groups in total. The van der Waals surface area contributed by atoms with Gasteiger partial charge in [0, 0.05) is 16.1 Å². The predicted molar refractivity (Wildman–Crippen MR) is 91.4 cm³/mol. The van der Waals surface area contributed by atoms with E-state index in [1.54, 1.807) is 12.1 Å². The van der Waals surface area contributed by atoms with Gasteiger partial charge in [0.2, 0.25) is 6.79 Å². The molecule has 0 bridgehead atoms. The van der Waals surface area contributed by atoms with E-state index in [9.17, 15) is 5.26 Å². The van der Waals surface area contributed by atoms with Crippen molar-refractivity contribution in [1.29, 1.82) is 5.26 Å². The number of benzene rings is 2. The number of nitrogens with zero attached hydrogens (tertiary/aromatic N) is 1. The summed E-state index contributed by atoms with van der Waals surface area (Å²) in [5.74, 6) is 1.98. The highest BCUT2D eigenvalue weighted by Crippen LogP contribution is 2.39. The summed E-state index contributed by atoms with van der Waals surface area (Å²) < 4.78 is 17.4. The first-order chi connectivity index (χ1) is 11.2. The van der Waals surface area contributed by atoms with Crippen molar-refractivity contribution >= 4 is 27.6 Å². The molecule has 0 saturated heterocycles. The van der Waals surface area contributed by atoms with Crippen LogP contribution in [0.2, 0.25) is 0 Å². The van der Waals surface area contributed by atoms with E-state index in [0.29, 0.717) is 29.4 Å². The molecule has 0 radical (unpaired) electrons. The summed E-state index contributed by atoms with van der Waals surface area (Å²) in [4.78, 5) is 0. The molecule has 23 heavy (non-hydrogen) atoms. The van der Waals surface area contributed by atoms with Crippen LogP contribution in [-0.2, 0) is 0 Å². The molecule has 0 atom stereocenters. The first kappa shape index (κ1) is 15.4. The molecule has 1 aliphatic heterocycles. The Morgan fingerprint density at radius 1 is 1.30 bits per heavy atom. The first-order valence-corrected chi connectivity index (χ1v) is 7.94. The fourth-order valence-electron chi connectivity index (χ4n) is 2.32. The third-order valence-corrected chi connectivity index (χ3v) is 3.85. The largest absolute Gasteiger partial charge is 0.493 e. The van der Waals surface area contributed by atoms with Crippen LogP contribution in [0.5, 0.6) is 17.2 Å². The molecule has 0 aromatic heterocycles. The maximum Gasteiger partial charge on any atom is 0.231 e. The van der Waals surface area contributed by atoms with Crippen molar-refractivity contribution in [2.24, 2.45) is 0 Å². The summed E-state index contributed by atoms with van der Waals surface area (Å²) in [5.41, 5.74) is 2.17. The van der Waals surface area contributed by atoms with E-state index in [1.165, 1.54) is 0 Å². The van der Waals surface area contributed by atoms with Crippen LogP contribution in [0, 0.1) is 11.3 Å². The average Bonchev–Trinajstić information content (AvgIpc) is 3.00. The molecule has 116 valence electrons. The number of ether oxygens (including phenoxy) is 3. The predicted octanol–water partition coefficient (Wildman–Crippen LogP) is 4.64. The third kappa shape index (κ3) is 3.33. The van der Waals surface area contributed by atoms with Crippen LogP contribution in [0.3, 0.4) is 0 Å². The molecular weight excluding hydrogens is 358 g/mol. The number of nitriles is 1. The van der Waals surface area contributed by atoms with Gasteiger partial charge in [-0.25, -0.2) is 0 Å². The standard InChI is InChI=1S/C18H14BrNO3/c1-2-21-16-9-18-17(22-11-23-18)8-13(16)6-14(10-20)12-4-3-5-15(19)7-12/h3-9H,2,11H2,1H3/b14-6+. The van der Waals surface area contributed by atoms with Gasteiger partial charge in [-0.15, -0.1) is 0 Å². The molecule has 2 aromatic rings. The SMILES string of the molecule is CCOc1cc2c(cc1/C=C(\C#N)c1cccc(Br)c1)OCO2. The Kier molecular flexibility index (Phi) is 4.54. The Morgan fingerprint density at radius 3 is 2.78 bits per heavy atom. The smallest absolute Gasteiger partial charge is 0.231 e. The highest BCUT2D eigenvalue weighted by Gasteiger charge is 2.17. The normalized spacial score (nSPS) is 12.8. The lowest BCUT2D eigenvalue weighted by Gasteiger charge is -2.09. The van der Waals surface area contributed by atoms with Gasteiger partial charge in [0.15, 0.2) is 11.5 Å². The van der Waals surface area contributed by atoms with Crippen LogP contribution in [0.15, 0.2) is 40.9 Å². The van der Waals surface area contributed by atoms with Crippen molar-refractivity contribution in [3.8, 4) is 23.3 Å². The van der Waals surface area contributed by atoms with Crippen molar-refractivity contribution in [1.82, 2.24) is 0 Å². The lowest BCUT2D eigenvalue weighted by Crippen LogP contribution is -1.94. The van der Waals surface area contributed by atoms with E-state index in [0.717, 1.165) is 15.6 Å².